The predicted molar refractivity (Wildman–Crippen MR) is 118 cm³/mol. The van der Waals surface area contributed by atoms with Crippen molar-refractivity contribution in [3.8, 4) is 0 Å². The molecule has 0 fully saturated rings. The van der Waals surface area contributed by atoms with Gasteiger partial charge in [-0.25, -0.2) is 4.79 Å². The molecule has 0 rings (SSSR count). The molecule has 0 saturated heterocycles. The fraction of sp³-hybridized carbons (Fsp3) is 0.700. The van der Waals surface area contributed by atoms with Crippen LogP contribution in [0.15, 0.2) is 0 Å². The normalized spacial score (nSPS) is 15.5. The van der Waals surface area contributed by atoms with E-state index in [1.54, 1.807) is 13.8 Å². The summed E-state index contributed by atoms with van der Waals surface area (Å²) in [5.41, 5.74) is 16.0. The summed E-state index contributed by atoms with van der Waals surface area (Å²) in [5, 5.41) is 16.1. The van der Waals surface area contributed by atoms with E-state index in [9.17, 15) is 28.8 Å². The molecule has 0 spiro atoms. The van der Waals surface area contributed by atoms with Crippen LogP contribution >= 0.6 is 0 Å². The summed E-state index contributed by atoms with van der Waals surface area (Å²) in [4.78, 5) is 71.7. The van der Waals surface area contributed by atoms with Crippen LogP contribution in [0, 0.1) is 11.8 Å². The number of primary amides is 2. The lowest BCUT2D eigenvalue weighted by atomic mass is 9.96. The van der Waals surface area contributed by atoms with Crippen molar-refractivity contribution in [3.63, 3.8) is 0 Å². The summed E-state index contributed by atoms with van der Waals surface area (Å²) in [5.74, 6) is -6.05. The zero-order valence-electron chi connectivity index (χ0n) is 19.4. The molecule has 0 aromatic heterocycles. The van der Waals surface area contributed by atoms with Crippen molar-refractivity contribution >= 4 is 35.5 Å². The number of carbonyl (C=O) groups excluding carboxylic acids is 5. The third-order valence-electron chi connectivity index (χ3n) is 4.91. The van der Waals surface area contributed by atoms with Gasteiger partial charge in [-0.1, -0.05) is 34.1 Å². The van der Waals surface area contributed by atoms with Crippen LogP contribution in [0.4, 0.5) is 0 Å². The smallest absolute Gasteiger partial charge is 0.326 e. The second-order valence-corrected chi connectivity index (χ2v) is 8.41. The van der Waals surface area contributed by atoms with E-state index in [4.69, 9.17) is 22.3 Å². The summed E-state index contributed by atoms with van der Waals surface area (Å²) in [6.45, 7) is 7.28. The number of carboxylic acids is 1. The van der Waals surface area contributed by atoms with Gasteiger partial charge in [-0.15, -0.1) is 0 Å². The van der Waals surface area contributed by atoms with Crippen molar-refractivity contribution < 1.29 is 33.9 Å². The summed E-state index contributed by atoms with van der Waals surface area (Å²) >= 11 is 0. The predicted octanol–water partition coefficient (Wildman–Crippen LogP) is -2.30. The topological polar surface area (TPSA) is 237 Å². The quantitative estimate of drug-likeness (QED) is 0.136. The fourth-order valence-electron chi connectivity index (χ4n) is 2.92. The van der Waals surface area contributed by atoms with E-state index in [0.29, 0.717) is 12.8 Å². The van der Waals surface area contributed by atoms with Crippen LogP contribution in [0.3, 0.4) is 0 Å². The Morgan fingerprint density at radius 1 is 0.788 bits per heavy atom. The Kier molecular flexibility index (Phi) is 12.7. The Morgan fingerprint density at radius 2 is 1.27 bits per heavy atom. The Balaban J connectivity index is 5.59. The maximum atomic E-state index is 12.9. The first-order valence-corrected chi connectivity index (χ1v) is 10.7. The SMILES string of the molecule is CC[C@H](C)[C@H](NC(=O)[C@@H](N)CC(C)C)C(=O)N[C@@H](CC(N)=O)C(=O)N[C@@H](CC(N)=O)C(=O)O. The standard InChI is InChI=1S/C20H36N6O7/c1-5-10(4)16(26-17(29)11(21)6-9(2)3)19(31)24-12(7-14(22)27)18(30)25-13(20(32)33)8-15(23)28/h9-13,16H,5-8,21H2,1-4H3,(H2,22,27)(H2,23,28)(H,24,31)(H,25,30)(H,26,29)(H,32,33)/t10-,11-,12-,13-,16-/m0/s1. The highest BCUT2D eigenvalue weighted by Crippen LogP contribution is 2.11. The highest BCUT2D eigenvalue weighted by Gasteiger charge is 2.33. The first-order chi connectivity index (χ1) is 15.2. The van der Waals surface area contributed by atoms with Gasteiger partial charge >= 0.3 is 5.97 Å². The van der Waals surface area contributed by atoms with Crippen LogP contribution in [-0.4, -0.2) is 64.8 Å². The zero-order chi connectivity index (χ0) is 25.9. The summed E-state index contributed by atoms with van der Waals surface area (Å²) in [7, 11) is 0. The van der Waals surface area contributed by atoms with E-state index in [0.717, 1.165) is 0 Å². The van der Waals surface area contributed by atoms with Gasteiger partial charge in [0.05, 0.1) is 18.9 Å². The number of nitrogens with two attached hydrogens (primary N) is 3. The van der Waals surface area contributed by atoms with E-state index in [1.165, 1.54) is 0 Å². The number of carboxylic acid groups (broad SMARTS) is 1. The Hall–Kier alpha value is -3.22. The molecule has 0 saturated carbocycles. The molecular formula is C20H36N6O7. The molecule has 0 aromatic carbocycles. The van der Waals surface area contributed by atoms with Gasteiger partial charge in [0.25, 0.3) is 0 Å². The molecule has 33 heavy (non-hydrogen) atoms. The van der Waals surface area contributed by atoms with E-state index in [1.807, 2.05) is 13.8 Å². The average Bonchev–Trinajstić information content (AvgIpc) is 2.68. The molecule has 13 heteroatoms. The van der Waals surface area contributed by atoms with Crippen LogP contribution in [-0.2, 0) is 28.8 Å². The van der Waals surface area contributed by atoms with Gasteiger partial charge in [0.1, 0.15) is 18.1 Å². The molecule has 13 nitrogen and oxygen atoms in total. The maximum Gasteiger partial charge on any atom is 0.326 e. The highest BCUT2D eigenvalue weighted by atomic mass is 16.4. The minimum atomic E-state index is -1.67. The minimum Gasteiger partial charge on any atom is -0.480 e. The first kappa shape index (κ1) is 29.8. The van der Waals surface area contributed by atoms with E-state index < -0.39 is 72.5 Å². The van der Waals surface area contributed by atoms with Crippen LogP contribution in [0.2, 0.25) is 0 Å². The average molecular weight is 473 g/mol. The van der Waals surface area contributed by atoms with Gasteiger partial charge in [-0.2, -0.15) is 0 Å². The van der Waals surface area contributed by atoms with Gasteiger partial charge < -0.3 is 38.3 Å². The molecule has 0 aliphatic rings. The molecule has 0 aliphatic heterocycles. The second-order valence-electron chi connectivity index (χ2n) is 8.41. The third kappa shape index (κ3) is 11.3. The van der Waals surface area contributed by atoms with E-state index in [-0.39, 0.29) is 11.8 Å². The largest absolute Gasteiger partial charge is 0.480 e. The number of rotatable bonds is 15. The summed E-state index contributed by atoms with van der Waals surface area (Å²) in [6.07, 6.45) is -0.458. The lowest BCUT2D eigenvalue weighted by molar-refractivity contribution is -0.144. The number of amides is 5. The number of aliphatic carboxylic acids is 1. The number of nitrogens with one attached hydrogen (secondary N) is 3. The molecule has 10 N–H and O–H groups in total. The van der Waals surface area contributed by atoms with Crippen molar-refractivity contribution in [2.75, 3.05) is 0 Å². The molecule has 5 atom stereocenters. The monoisotopic (exact) mass is 472 g/mol. The number of hydrogen-bond acceptors (Lipinski definition) is 7. The van der Waals surface area contributed by atoms with Gasteiger partial charge in [0.2, 0.25) is 29.5 Å². The van der Waals surface area contributed by atoms with E-state index >= 15 is 0 Å². The fourth-order valence-corrected chi connectivity index (χ4v) is 2.92. The molecule has 0 aromatic rings. The van der Waals surface area contributed by atoms with Crippen LogP contribution in [0.1, 0.15) is 53.4 Å². The van der Waals surface area contributed by atoms with Crippen LogP contribution in [0.25, 0.3) is 0 Å². The molecule has 0 unspecified atom stereocenters. The Bertz CT molecular complexity index is 742. The van der Waals surface area contributed by atoms with Crippen LogP contribution in [0.5, 0.6) is 0 Å². The van der Waals surface area contributed by atoms with Crippen molar-refractivity contribution in [1.82, 2.24) is 16.0 Å². The molecule has 0 bridgehead atoms. The second kappa shape index (κ2) is 14.0. The molecule has 188 valence electrons. The van der Waals surface area contributed by atoms with Crippen LogP contribution < -0.4 is 33.2 Å². The van der Waals surface area contributed by atoms with Crippen molar-refractivity contribution in [2.45, 2.75) is 77.5 Å². The molecule has 5 amide bonds. The molecule has 0 radical (unpaired) electrons. The third-order valence-corrected chi connectivity index (χ3v) is 4.91. The van der Waals surface area contributed by atoms with Crippen molar-refractivity contribution in [1.29, 1.82) is 0 Å². The van der Waals surface area contributed by atoms with E-state index in [2.05, 4.69) is 16.0 Å². The number of carbonyl (C=O) groups is 6. The van der Waals surface area contributed by atoms with Gasteiger partial charge in [-0.3, -0.25) is 24.0 Å². The summed E-state index contributed by atoms with van der Waals surface area (Å²) in [6, 6.07) is -5.14. The Labute approximate surface area is 192 Å². The Morgan fingerprint density at radius 3 is 1.70 bits per heavy atom. The van der Waals surface area contributed by atoms with Gasteiger partial charge in [0, 0.05) is 0 Å². The first-order valence-electron chi connectivity index (χ1n) is 10.7. The maximum absolute atomic E-state index is 12.9. The summed E-state index contributed by atoms with van der Waals surface area (Å²) < 4.78 is 0. The zero-order valence-corrected chi connectivity index (χ0v) is 19.4. The lowest BCUT2D eigenvalue weighted by Crippen LogP contribution is -2.59. The van der Waals surface area contributed by atoms with Gasteiger partial charge in [0.15, 0.2) is 0 Å². The van der Waals surface area contributed by atoms with Gasteiger partial charge in [-0.05, 0) is 18.3 Å². The molecule has 0 aliphatic carbocycles. The lowest BCUT2D eigenvalue weighted by Gasteiger charge is -2.27. The molecular weight excluding hydrogens is 436 g/mol. The number of hydrogen-bond donors (Lipinski definition) is 7. The van der Waals surface area contributed by atoms with Crippen molar-refractivity contribution in [3.05, 3.63) is 0 Å². The molecule has 0 heterocycles. The van der Waals surface area contributed by atoms with Crippen molar-refractivity contribution in [2.24, 2.45) is 29.0 Å². The minimum absolute atomic E-state index is 0.146. The highest BCUT2D eigenvalue weighted by molar-refractivity contribution is 5.96.